The predicted molar refractivity (Wildman–Crippen MR) is 82.8 cm³/mol. The van der Waals surface area contributed by atoms with Gasteiger partial charge in [0.25, 0.3) is 5.91 Å². The SMILES string of the molecule is NCC#Cc1ccc(CNC(=O)c2ccc(Cl)cc2F)s1. The van der Waals surface area contributed by atoms with Crippen molar-refractivity contribution in [2.75, 3.05) is 6.54 Å². The number of nitrogens with one attached hydrogen (secondary N) is 1. The van der Waals surface area contributed by atoms with Crippen LogP contribution in [-0.2, 0) is 6.54 Å². The summed E-state index contributed by atoms with van der Waals surface area (Å²) >= 11 is 7.11. The van der Waals surface area contributed by atoms with Crippen LogP contribution < -0.4 is 11.1 Å². The van der Waals surface area contributed by atoms with Crippen molar-refractivity contribution < 1.29 is 9.18 Å². The van der Waals surface area contributed by atoms with Crippen LogP contribution in [0, 0.1) is 17.7 Å². The fourth-order valence-corrected chi connectivity index (χ4v) is 2.60. The van der Waals surface area contributed by atoms with Crippen LogP contribution in [0.2, 0.25) is 5.02 Å². The molecule has 3 N–H and O–H groups in total. The minimum Gasteiger partial charge on any atom is -0.347 e. The van der Waals surface area contributed by atoms with Gasteiger partial charge in [-0.1, -0.05) is 23.4 Å². The summed E-state index contributed by atoms with van der Waals surface area (Å²) in [5, 5.41) is 2.92. The first-order chi connectivity index (χ1) is 10.1. The largest absolute Gasteiger partial charge is 0.347 e. The molecule has 0 atom stereocenters. The van der Waals surface area contributed by atoms with Gasteiger partial charge in [-0.3, -0.25) is 4.79 Å². The molecule has 0 saturated carbocycles. The molecule has 1 heterocycles. The van der Waals surface area contributed by atoms with Crippen LogP contribution >= 0.6 is 22.9 Å². The Morgan fingerprint density at radius 1 is 1.38 bits per heavy atom. The molecule has 2 rings (SSSR count). The van der Waals surface area contributed by atoms with Crippen molar-refractivity contribution in [1.82, 2.24) is 5.32 Å². The van der Waals surface area contributed by atoms with Crippen molar-refractivity contribution in [1.29, 1.82) is 0 Å². The maximum absolute atomic E-state index is 13.6. The van der Waals surface area contributed by atoms with E-state index < -0.39 is 11.7 Å². The molecule has 0 aliphatic rings. The van der Waals surface area contributed by atoms with Gasteiger partial charge in [-0.2, -0.15) is 0 Å². The van der Waals surface area contributed by atoms with Crippen molar-refractivity contribution >= 4 is 28.8 Å². The first-order valence-corrected chi connectivity index (χ1v) is 7.30. The van der Waals surface area contributed by atoms with Crippen LogP contribution in [0.15, 0.2) is 30.3 Å². The van der Waals surface area contributed by atoms with Crippen LogP contribution in [0.3, 0.4) is 0 Å². The molecule has 1 aromatic heterocycles. The molecule has 0 saturated heterocycles. The Hall–Kier alpha value is -1.87. The second kappa shape index (κ2) is 7.23. The van der Waals surface area contributed by atoms with Gasteiger partial charge >= 0.3 is 0 Å². The lowest BCUT2D eigenvalue weighted by atomic mass is 10.2. The third-order valence-electron chi connectivity index (χ3n) is 2.57. The molecule has 0 bridgehead atoms. The Bertz CT molecular complexity index is 718. The van der Waals surface area contributed by atoms with E-state index in [1.54, 1.807) is 0 Å². The fraction of sp³-hybridized carbons (Fsp3) is 0.133. The van der Waals surface area contributed by atoms with Gasteiger partial charge in [-0.25, -0.2) is 4.39 Å². The number of benzene rings is 1. The first-order valence-electron chi connectivity index (χ1n) is 6.11. The highest BCUT2D eigenvalue weighted by Crippen LogP contribution is 2.17. The van der Waals surface area contributed by atoms with Crippen LogP contribution in [-0.4, -0.2) is 12.5 Å². The third-order valence-corrected chi connectivity index (χ3v) is 3.81. The number of carbonyl (C=O) groups is 1. The molecule has 0 spiro atoms. The van der Waals surface area contributed by atoms with E-state index in [1.165, 1.54) is 23.5 Å². The Labute approximate surface area is 130 Å². The molecule has 0 aliphatic carbocycles. The second-order valence-corrected chi connectivity index (χ2v) is 5.68. The number of nitrogens with two attached hydrogens (primary N) is 1. The van der Waals surface area contributed by atoms with Crippen LogP contribution in [0.1, 0.15) is 20.1 Å². The summed E-state index contributed by atoms with van der Waals surface area (Å²) in [5.74, 6) is 4.56. The summed E-state index contributed by atoms with van der Waals surface area (Å²) in [6, 6.07) is 7.67. The van der Waals surface area contributed by atoms with E-state index in [4.69, 9.17) is 17.3 Å². The van der Waals surface area contributed by atoms with Crippen molar-refractivity contribution in [3.8, 4) is 11.8 Å². The maximum atomic E-state index is 13.6. The standard InChI is InChI=1S/C15H12ClFN2OS/c16-10-3-6-13(14(17)8-10)15(20)19-9-12-5-4-11(21-12)2-1-7-18/h3-6,8H,7,9,18H2,(H,19,20). The maximum Gasteiger partial charge on any atom is 0.254 e. The highest BCUT2D eigenvalue weighted by atomic mass is 35.5. The molecule has 2 aromatic rings. The molecule has 0 aliphatic heterocycles. The summed E-state index contributed by atoms with van der Waals surface area (Å²) in [6.45, 7) is 0.621. The summed E-state index contributed by atoms with van der Waals surface area (Å²) in [5.41, 5.74) is 5.27. The molecule has 0 unspecified atom stereocenters. The zero-order valence-corrected chi connectivity index (χ0v) is 12.5. The van der Waals surface area contributed by atoms with Gasteiger partial charge in [0.2, 0.25) is 0 Å². The molecular weight excluding hydrogens is 311 g/mol. The number of halogens is 2. The van der Waals surface area contributed by atoms with E-state index in [0.717, 1.165) is 15.8 Å². The number of carbonyl (C=O) groups excluding carboxylic acids is 1. The number of hydrogen-bond donors (Lipinski definition) is 2. The number of hydrogen-bond acceptors (Lipinski definition) is 3. The minimum atomic E-state index is -0.638. The highest BCUT2D eigenvalue weighted by molar-refractivity contribution is 7.12. The smallest absolute Gasteiger partial charge is 0.254 e. The van der Waals surface area contributed by atoms with Gasteiger partial charge in [0.1, 0.15) is 5.82 Å². The molecule has 6 heteroatoms. The normalized spacial score (nSPS) is 9.86. The molecule has 21 heavy (non-hydrogen) atoms. The Morgan fingerprint density at radius 2 is 2.19 bits per heavy atom. The zero-order valence-electron chi connectivity index (χ0n) is 11.0. The molecule has 1 amide bonds. The van der Waals surface area contributed by atoms with Crippen molar-refractivity contribution in [3.63, 3.8) is 0 Å². The number of thiophene rings is 1. The first kappa shape index (κ1) is 15.5. The van der Waals surface area contributed by atoms with E-state index >= 15 is 0 Å². The lowest BCUT2D eigenvalue weighted by molar-refractivity contribution is 0.0947. The topological polar surface area (TPSA) is 55.1 Å². The quantitative estimate of drug-likeness (QED) is 0.854. The average molecular weight is 323 g/mol. The van der Waals surface area contributed by atoms with E-state index in [9.17, 15) is 9.18 Å². The summed E-state index contributed by atoms with van der Waals surface area (Å²) < 4.78 is 13.6. The molecular formula is C15H12ClFN2OS. The summed E-state index contributed by atoms with van der Waals surface area (Å²) in [6.07, 6.45) is 0. The van der Waals surface area contributed by atoms with Crippen LogP contribution in [0.5, 0.6) is 0 Å². The van der Waals surface area contributed by atoms with Crippen molar-refractivity contribution in [3.05, 3.63) is 56.5 Å². The van der Waals surface area contributed by atoms with E-state index in [-0.39, 0.29) is 10.6 Å². The van der Waals surface area contributed by atoms with Crippen molar-refractivity contribution in [2.24, 2.45) is 5.73 Å². The number of amides is 1. The lowest BCUT2D eigenvalue weighted by Crippen LogP contribution is -2.23. The predicted octanol–water partition coefficient (Wildman–Crippen LogP) is 2.78. The number of rotatable bonds is 3. The fourth-order valence-electron chi connectivity index (χ4n) is 1.61. The monoisotopic (exact) mass is 322 g/mol. The second-order valence-electron chi connectivity index (χ2n) is 4.08. The highest BCUT2D eigenvalue weighted by Gasteiger charge is 2.11. The molecule has 1 aromatic carbocycles. The Morgan fingerprint density at radius 3 is 2.90 bits per heavy atom. The van der Waals surface area contributed by atoms with Gasteiger partial charge in [-0.05, 0) is 30.3 Å². The average Bonchev–Trinajstić information content (AvgIpc) is 2.90. The van der Waals surface area contributed by atoms with Gasteiger partial charge in [0, 0.05) is 9.90 Å². The minimum absolute atomic E-state index is 0.0286. The Balaban J connectivity index is 1.99. The van der Waals surface area contributed by atoms with E-state index in [1.807, 2.05) is 12.1 Å². The third kappa shape index (κ3) is 4.30. The Kier molecular flexibility index (Phi) is 5.34. The zero-order chi connectivity index (χ0) is 15.2. The molecule has 3 nitrogen and oxygen atoms in total. The summed E-state index contributed by atoms with van der Waals surface area (Å²) in [4.78, 5) is 13.7. The van der Waals surface area contributed by atoms with E-state index in [2.05, 4.69) is 17.2 Å². The van der Waals surface area contributed by atoms with Gasteiger partial charge in [0.15, 0.2) is 0 Å². The van der Waals surface area contributed by atoms with Crippen LogP contribution in [0.4, 0.5) is 4.39 Å². The lowest BCUT2D eigenvalue weighted by Gasteiger charge is -2.05. The summed E-state index contributed by atoms with van der Waals surface area (Å²) in [7, 11) is 0. The van der Waals surface area contributed by atoms with Crippen LogP contribution in [0.25, 0.3) is 0 Å². The van der Waals surface area contributed by atoms with Crippen molar-refractivity contribution in [2.45, 2.75) is 6.54 Å². The molecule has 108 valence electrons. The molecule has 0 fully saturated rings. The van der Waals surface area contributed by atoms with Gasteiger partial charge in [-0.15, -0.1) is 11.3 Å². The van der Waals surface area contributed by atoms with E-state index in [0.29, 0.717) is 13.1 Å². The molecule has 0 radical (unpaired) electrons. The van der Waals surface area contributed by atoms with Gasteiger partial charge < -0.3 is 11.1 Å². The van der Waals surface area contributed by atoms with Gasteiger partial charge in [0.05, 0.1) is 23.5 Å².